The summed E-state index contributed by atoms with van der Waals surface area (Å²) in [5.41, 5.74) is 0.744. The maximum absolute atomic E-state index is 12.0. The third-order valence-electron chi connectivity index (χ3n) is 2.52. The third kappa shape index (κ3) is 2.65. The van der Waals surface area contributed by atoms with Crippen LogP contribution in [0.2, 0.25) is 0 Å². The van der Waals surface area contributed by atoms with Gasteiger partial charge in [-0.05, 0) is 13.0 Å². The molecule has 4 heteroatoms. The second kappa shape index (κ2) is 5.29. The van der Waals surface area contributed by atoms with Crippen LogP contribution in [0.25, 0.3) is 10.1 Å². The van der Waals surface area contributed by atoms with Crippen molar-refractivity contribution >= 4 is 27.3 Å². The summed E-state index contributed by atoms with van der Waals surface area (Å²) in [6.07, 6.45) is 0. The highest BCUT2D eigenvalue weighted by atomic mass is 32.1. The fourth-order valence-corrected chi connectivity index (χ4v) is 2.69. The van der Waals surface area contributed by atoms with E-state index in [1.807, 2.05) is 36.6 Å². The van der Waals surface area contributed by atoms with E-state index in [2.05, 4.69) is 5.32 Å². The van der Waals surface area contributed by atoms with Crippen molar-refractivity contribution in [2.45, 2.75) is 13.0 Å². The van der Waals surface area contributed by atoms with Crippen molar-refractivity contribution in [1.29, 1.82) is 0 Å². The molecular weight excluding hydrogens is 234 g/mol. The van der Waals surface area contributed by atoms with E-state index in [9.17, 15) is 4.79 Å². The van der Waals surface area contributed by atoms with Crippen LogP contribution in [-0.4, -0.2) is 25.7 Å². The molecule has 0 radical (unpaired) electrons. The minimum atomic E-state index is -0.0352. The minimum Gasteiger partial charge on any atom is -0.383 e. The number of nitrogens with one attached hydrogen (secondary N) is 1. The monoisotopic (exact) mass is 249 g/mol. The molecule has 0 spiro atoms. The highest BCUT2D eigenvalue weighted by Gasteiger charge is 2.13. The average molecular weight is 249 g/mol. The number of thiophene rings is 1. The zero-order valence-corrected chi connectivity index (χ0v) is 10.7. The summed E-state index contributed by atoms with van der Waals surface area (Å²) in [5.74, 6) is -0.0352. The molecule has 0 bridgehead atoms. The van der Waals surface area contributed by atoms with Crippen LogP contribution in [0.3, 0.4) is 0 Å². The number of amides is 1. The van der Waals surface area contributed by atoms with E-state index >= 15 is 0 Å². The maximum atomic E-state index is 12.0. The van der Waals surface area contributed by atoms with Gasteiger partial charge in [-0.1, -0.05) is 18.2 Å². The lowest BCUT2D eigenvalue weighted by Gasteiger charge is -2.12. The number of hydrogen-bond donors (Lipinski definition) is 1. The van der Waals surface area contributed by atoms with Crippen molar-refractivity contribution in [2.75, 3.05) is 13.7 Å². The molecule has 90 valence electrons. The fourth-order valence-electron chi connectivity index (χ4n) is 1.75. The number of rotatable bonds is 4. The molecule has 2 aromatic rings. The largest absolute Gasteiger partial charge is 0.383 e. The van der Waals surface area contributed by atoms with E-state index in [1.165, 1.54) is 0 Å². The topological polar surface area (TPSA) is 38.3 Å². The van der Waals surface area contributed by atoms with Crippen molar-refractivity contribution in [3.05, 3.63) is 35.2 Å². The smallest absolute Gasteiger partial charge is 0.253 e. The molecule has 1 aromatic carbocycles. The molecule has 0 aliphatic rings. The molecule has 1 heterocycles. The number of methoxy groups -OCH3 is 1. The van der Waals surface area contributed by atoms with Crippen LogP contribution < -0.4 is 5.32 Å². The second-order valence-corrected chi connectivity index (χ2v) is 4.89. The molecule has 0 fully saturated rings. The van der Waals surface area contributed by atoms with E-state index in [0.717, 1.165) is 15.6 Å². The zero-order chi connectivity index (χ0) is 12.3. The van der Waals surface area contributed by atoms with Crippen LogP contribution >= 0.6 is 11.3 Å². The van der Waals surface area contributed by atoms with Gasteiger partial charge in [0.15, 0.2) is 0 Å². The van der Waals surface area contributed by atoms with Crippen LogP contribution in [-0.2, 0) is 4.74 Å². The second-order valence-electron chi connectivity index (χ2n) is 3.98. The Balaban J connectivity index is 2.19. The molecule has 1 atom stereocenters. The first kappa shape index (κ1) is 12.1. The lowest BCUT2D eigenvalue weighted by atomic mass is 10.1. The molecule has 1 N–H and O–H groups in total. The summed E-state index contributed by atoms with van der Waals surface area (Å²) in [5, 5.41) is 5.83. The van der Waals surface area contributed by atoms with Gasteiger partial charge in [0.25, 0.3) is 5.91 Å². The summed E-state index contributed by atoms with van der Waals surface area (Å²) in [7, 11) is 1.63. The quantitative estimate of drug-likeness (QED) is 0.904. The number of fused-ring (bicyclic) bond motifs is 1. The van der Waals surface area contributed by atoms with Crippen LogP contribution in [0, 0.1) is 0 Å². The summed E-state index contributed by atoms with van der Waals surface area (Å²) in [6.45, 7) is 2.45. The van der Waals surface area contributed by atoms with Gasteiger partial charge in [0.1, 0.15) is 0 Å². The Morgan fingerprint density at radius 1 is 1.47 bits per heavy atom. The summed E-state index contributed by atoms with van der Waals surface area (Å²) in [4.78, 5) is 12.0. The fraction of sp³-hybridized carbons (Fsp3) is 0.308. The Kier molecular flexibility index (Phi) is 3.76. The lowest BCUT2D eigenvalue weighted by Crippen LogP contribution is -2.35. The van der Waals surface area contributed by atoms with Gasteiger partial charge in [-0.2, -0.15) is 0 Å². The van der Waals surface area contributed by atoms with Gasteiger partial charge in [-0.15, -0.1) is 11.3 Å². The van der Waals surface area contributed by atoms with Crippen LogP contribution in [0.5, 0.6) is 0 Å². The van der Waals surface area contributed by atoms with Gasteiger partial charge in [-0.25, -0.2) is 0 Å². The molecule has 1 unspecified atom stereocenters. The lowest BCUT2D eigenvalue weighted by molar-refractivity contribution is 0.0907. The van der Waals surface area contributed by atoms with E-state index in [0.29, 0.717) is 6.61 Å². The van der Waals surface area contributed by atoms with Crippen LogP contribution in [0.1, 0.15) is 17.3 Å². The van der Waals surface area contributed by atoms with Crippen molar-refractivity contribution < 1.29 is 9.53 Å². The molecular formula is C13H15NO2S. The maximum Gasteiger partial charge on any atom is 0.253 e. The zero-order valence-electron chi connectivity index (χ0n) is 9.90. The number of carbonyl (C=O) groups excluding carboxylic acids is 1. The first-order valence-corrected chi connectivity index (χ1v) is 6.36. The molecule has 0 aliphatic heterocycles. The highest BCUT2D eigenvalue weighted by Crippen LogP contribution is 2.25. The average Bonchev–Trinajstić information content (AvgIpc) is 2.72. The Bertz CT molecular complexity index is 521. The number of carbonyl (C=O) groups is 1. The van der Waals surface area contributed by atoms with E-state index in [1.54, 1.807) is 18.4 Å². The predicted octanol–water partition coefficient (Wildman–Crippen LogP) is 2.67. The number of ether oxygens (including phenoxy) is 1. The summed E-state index contributed by atoms with van der Waals surface area (Å²) in [6, 6.07) is 7.95. The van der Waals surface area contributed by atoms with Crippen LogP contribution in [0.4, 0.5) is 0 Å². The van der Waals surface area contributed by atoms with Crippen molar-refractivity contribution in [2.24, 2.45) is 0 Å². The Hall–Kier alpha value is -1.39. The van der Waals surface area contributed by atoms with E-state index < -0.39 is 0 Å². The van der Waals surface area contributed by atoms with Crippen molar-refractivity contribution in [3.63, 3.8) is 0 Å². The van der Waals surface area contributed by atoms with Gasteiger partial charge in [0.2, 0.25) is 0 Å². The van der Waals surface area contributed by atoms with Gasteiger partial charge >= 0.3 is 0 Å². The first-order valence-electron chi connectivity index (χ1n) is 5.48. The summed E-state index contributed by atoms with van der Waals surface area (Å²) >= 11 is 1.59. The van der Waals surface area contributed by atoms with Gasteiger partial charge in [0, 0.05) is 28.6 Å². The molecule has 0 aliphatic carbocycles. The Morgan fingerprint density at radius 2 is 2.24 bits per heavy atom. The van der Waals surface area contributed by atoms with Gasteiger partial charge < -0.3 is 10.1 Å². The minimum absolute atomic E-state index is 0.0196. The van der Waals surface area contributed by atoms with Crippen LogP contribution in [0.15, 0.2) is 29.6 Å². The molecule has 1 aromatic heterocycles. The first-order chi connectivity index (χ1) is 8.22. The molecule has 17 heavy (non-hydrogen) atoms. The normalized spacial score (nSPS) is 12.6. The van der Waals surface area contributed by atoms with Crippen molar-refractivity contribution in [3.8, 4) is 0 Å². The highest BCUT2D eigenvalue weighted by molar-refractivity contribution is 7.17. The van der Waals surface area contributed by atoms with Gasteiger partial charge in [0.05, 0.1) is 12.2 Å². The van der Waals surface area contributed by atoms with E-state index in [4.69, 9.17) is 4.74 Å². The molecule has 1 amide bonds. The SMILES string of the molecule is COCC(C)NC(=O)c1csc2ccccc12. The molecule has 0 saturated heterocycles. The Morgan fingerprint density at radius 3 is 3.00 bits per heavy atom. The molecule has 2 rings (SSSR count). The Labute approximate surface area is 104 Å². The van der Waals surface area contributed by atoms with E-state index in [-0.39, 0.29) is 11.9 Å². The standard InChI is InChI=1S/C13H15NO2S/c1-9(7-16-2)14-13(15)11-8-17-12-6-4-3-5-10(11)12/h3-6,8-9H,7H2,1-2H3,(H,14,15). The van der Waals surface area contributed by atoms with Gasteiger partial charge in [-0.3, -0.25) is 4.79 Å². The number of benzene rings is 1. The molecule has 3 nitrogen and oxygen atoms in total. The summed E-state index contributed by atoms with van der Waals surface area (Å²) < 4.78 is 6.13. The molecule has 0 saturated carbocycles. The predicted molar refractivity (Wildman–Crippen MR) is 70.6 cm³/mol. The van der Waals surface area contributed by atoms with Crippen molar-refractivity contribution in [1.82, 2.24) is 5.32 Å². The number of hydrogen-bond acceptors (Lipinski definition) is 3. The third-order valence-corrected chi connectivity index (χ3v) is 3.48.